The van der Waals surface area contributed by atoms with E-state index in [1.54, 1.807) is 0 Å². The predicted octanol–water partition coefficient (Wildman–Crippen LogP) is 1.41. The van der Waals surface area contributed by atoms with Gasteiger partial charge in [0.05, 0.1) is 0 Å². The first-order valence-corrected chi connectivity index (χ1v) is 11.7. The monoisotopic (exact) mass is 407 g/mol. The van der Waals surface area contributed by atoms with Crippen molar-refractivity contribution in [2.75, 3.05) is 52.6 Å². The molecule has 2 amide bonds. The summed E-state index contributed by atoms with van der Waals surface area (Å²) < 4.78 is 11.0. The highest BCUT2D eigenvalue weighted by atomic mass is 16.5. The zero-order valence-corrected chi connectivity index (χ0v) is 17.7. The topological polar surface area (TPSA) is 71.1 Å². The van der Waals surface area contributed by atoms with Crippen LogP contribution >= 0.6 is 0 Å². The third kappa shape index (κ3) is 5.70. The van der Waals surface area contributed by atoms with E-state index >= 15 is 0 Å². The van der Waals surface area contributed by atoms with E-state index in [1.165, 1.54) is 0 Å². The Morgan fingerprint density at radius 2 is 1.55 bits per heavy atom. The van der Waals surface area contributed by atoms with E-state index in [9.17, 15) is 9.59 Å². The summed E-state index contributed by atoms with van der Waals surface area (Å²) in [6, 6.07) is 0.888. The Morgan fingerprint density at radius 3 is 2.24 bits per heavy atom. The lowest BCUT2D eigenvalue weighted by atomic mass is 9.98. The molecule has 164 valence electrons. The number of carbonyl (C=O) groups excluding carboxylic acids is 2. The molecule has 0 radical (unpaired) electrons. The summed E-state index contributed by atoms with van der Waals surface area (Å²) in [5.41, 5.74) is 0. The Balaban J connectivity index is 1.32. The number of carbonyl (C=O) groups is 2. The molecule has 0 spiro atoms. The molecule has 0 aromatic carbocycles. The minimum absolute atomic E-state index is 0.0987. The van der Waals surface area contributed by atoms with Crippen LogP contribution in [-0.4, -0.2) is 86.3 Å². The molecule has 4 fully saturated rings. The first-order valence-electron chi connectivity index (χ1n) is 11.7. The lowest BCUT2D eigenvalue weighted by Crippen LogP contribution is -2.55. The summed E-state index contributed by atoms with van der Waals surface area (Å²) in [6.07, 6.45) is 8.11. The standard InChI is InChI=1S/C22H37N3O4/c26-21(17-5-12-28-13-6-17)23-9-11-25(19-7-14-29-15-8-19)20-2-1-10-24(16-20)22(27)18-3-4-18/h17-20H,1-16H2,(H,23,26). The lowest BCUT2D eigenvalue weighted by molar-refractivity contribution is -0.135. The molecule has 4 rings (SSSR count). The SMILES string of the molecule is O=C(NCCN(C1CCOCC1)C1CCCN(C(=O)C2CC2)C1)C1CCOCC1. The predicted molar refractivity (Wildman–Crippen MR) is 109 cm³/mol. The Morgan fingerprint density at radius 1 is 0.862 bits per heavy atom. The van der Waals surface area contributed by atoms with Gasteiger partial charge in [0.2, 0.25) is 11.8 Å². The second-order valence-electron chi connectivity index (χ2n) is 9.11. The zero-order chi connectivity index (χ0) is 20.1. The largest absolute Gasteiger partial charge is 0.381 e. The van der Waals surface area contributed by atoms with Crippen molar-refractivity contribution in [3.8, 4) is 0 Å². The molecule has 1 atom stereocenters. The minimum atomic E-state index is 0.0987. The second-order valence-corrected chi connectivity index (χ2v) is 9.11. The van der Waals surface area contributed by atoms with Gasteiger partial charge in [-0.3, -0.25) is 14.5 Å². The van der Waals surface area contributed by atoms with Gasteiger partial charge in [0.1, 0.15) is 0 Å². The molecule has 1 saturated carbocycles. The second kappa shape index (κ2) is 10.2. The first-order chi connectivity index (χ1) is 14.2. The number of piperidine rings is 1. The van der Waals surface area contributed by atoms with Crippen LogP contribution in [-0.2, 0) is 19.1 Å². The van der Waals surface area contributed by atoms with Crippen LogP contribution in [0.2, 0.25) is 0 Å². The number of hydrogen-bond donors (Lipinski definition) is 1. The fourth-order valence-corrected chi connectivity index (χ4v) is 5.11. The van der Waals surface area contributed by atoms with E-state index < -0.39 is 0 Å². The van der Waals surface area contributed by atoms with E-state index in [2.05, 4.69) is 15.1 Å². The molecule has 7 nitrogen and oxygen atoms in total. The molecule has 1 N–H and O–H groups in total. The zero-order valence-electron chi connectivity index (χ0n) is 17.7. The van der Waals surface area contributed by atoms with Crippen LogP contribution in [0.1, 0.15) is 51.4 Å². The highest BCUT2D eigenvalue weighted by Gasteiger charge is 2.37. The van der Waals surface area contributed by atoms with Crippen molar-refractivity contribution in [2.24, 2.45) is 11.8 Å². The smallest absolute Gasteiger partial charge is 0.225 e. The van der Waals surface area contributed by atoms with E-state index in [1.807, 2.05) is 0 Å². The Bertz CT molecular complexity index is 556. The summed E-state index contributed by atoms with van der Waals surface area (Å²) in [4.78, 5) is 29.8. The maximum absolute atomic E-state index is 12.6. The molecule has 1 unspecified atom stereocenters. The number of rotatable bonds is 7. The van der Waals surface area contributed by atoms with Crippen molar-refractivity contribution in [1.82, 2.24) is 15.1 Å². The van der Waals surface area contributed by atoms with Gasteiger partial charge >= 0.3 is 0 Å². The van der Waals surface area contributed by atoms with Crippen LogP contribution in [0.4, 0.5) is 0 Å². The van der Waals surface area contributed by atoms with E-state index in [4.69, 9.17) is 9.47 Å². The maximum atomic E-state index is 12.6. The van der Waals surface area contributed by atoms with Gasteiger partial charge in [-0.25, -0.2) is 0 Å². The van der Waals surface area contributed by atoms with Gasteiger partial charge in [-0.2, -0.15) is 0 Å². The quantitative estimate of drug-likeness (QED) is 0.691. The van der Waals surface area contributed by atoms with Crippen LogP contribution in [0.15, 0.2) is 0 Å². The van der Waals surface area contributed by atoms with Gasteiger partial charge in [0, 0.05) is 76.5 Å². The number of likely N-dealkylation sites (tertiary alicyclic amines) is 1. The fraction of sp³-hybridized carbons (Fsp3) is 0.909. The molecule has 0 bridgehead atoms. The van der Waals surface area contributed by atoms with Gasteiger partial charge < -0.3 is 19.7 Å². The molecule has 4 aliphatic rings. The molecule has 3 saturated heterocycles. The maximum Gasteiger partial charge on any atom is 0.225 e. The van der Waals surface area contributed by atoms with Gasteiger partial charge in [0.15, 0.2) is 0 Å². The number of amides is 2. The summed E-state index contributed by atoms with van der Waals surface area (Å²) in [5, 5.41) is 3.18. The van der Waals surface area contributed by atoms with Crippen LogP contribution in [0.5, 0.6) is 0 Å². The van der Waals surface area contributed by atoms with Crippen LogP contribution in [0.3, 0.4) is 0 Å². The summed E-state index contributed by atoms with van der Waals surface area (Å²) in [5.74, 6) is 0.939. The molecule has 7 heteroatoms. The molecule has 1 aliphatic carbocycles. The summed E-state index contributed by atoms with van der Waals surface area (Å²) in [7, 11) is 0. The molecule has 0 aromatic rings. The molecule has 3 heterocycles. The van der Waals surface area contributed by atoms with E-state index in [0.717, 1.165) is 84.2 Å². The van der Waals surface area contributed by atoms with E-state index in [-0.39, 0.29) is 11.8 Å². The van der Waals surface area contributed by atoms with E-state index in [0.29, 0.717) is 43.7 Å². The first kappa shape index (κ1) is 21.1. The van der Waals surface area contributed by atoms with Gasteiger partial charge in [-0.05, 0) is 51.4 Å². The molecule has 3 aliphatic heterocycles. The normalized spacial score (nSPS) is 27.2. The van der Waals surface area contributed by atoms with Crippen LogP contribution in [0.25, 0.3) is 0 Å². The number of ether oxygens (including phenoxy) is 2. The third-order valence-electron chi connectivity index (χ3n) is 7.02. The fourth-order valence-electron chi connectivity index (χ4n) is 5.11. The van der Waals surface area contributed by atoms with Crippen molar-refractivity contribution >= 4 is 11.8 Å². The summed E-state index contributed by atoms with van der Waals surface area (Å²) in [6.45, 7) is 6.31. The molecule has 29 heavy (non-hydrogen) atoms. The average molecular weight is 408 g/mol. The number of nitrogens with zero attached hydrogens (tertiary/aromatic N) is 2. The van der Waals surface area contributed by atoms with Gasteiger partial charge in [-0.15, -0.1) is 0 Å². The highest BCUT2D eigenvalue weighted by molar-refractivity contribution is 5.81. The third-order valence-corrected chi connectivity index (χ3v) is 7.02. The minimum Gasteiger partial charge on any atom is -0.381 e. The van der Waals surface area contributed by atoms with Gasteiger partial charge in [-0.1, -0.05) is 0 Å². The van der Waals surface area contributed by atoms with Crippen molar-refractivity contribution in [2.45, 2.75) is 63.5 Å². The van der Waals surface area contributed by atoms with Crippen molar-refractivity contribution in [1.29, 1.82) is 0 Å². The molecule has 0 aromatic heterocycles. The lowest BCUT2D eigenvalue weighted by Gasteiger charge is -2.44. The number of nitrogens with one attached hydrogen (secondary N) is 1. The molecular weight excluding hydrogens is 370 g/mol. The summed E-state index contributed by atoms with van der Waals surface area (Å²) >= 11 is 0. The Labute approximate surface area is 174 Å². The molecular formula is C22H37N3O4. The Hall–Kier alpha value is -1.18. The average Bonchev–Trinajstić information content (AvgIpc) is 3.63. The van der Waals surface area contributed by atoms with Crippen molar-refractivity contribution in [3.63, 3.8) is 0 Å². The highest BCUT2D eigenvalue weighted by Crippen LogP contribution is 2.32. The van der Waals surface area contributed by atoms with Crippen LogP contribution < -0.4 is 5.32 Å². The van der Waals surface area contributed by atoms with Crippen molar-refractivity contribution < 1.29 is 19.1 Å². The van der Waals surface area contributed by atoms with Crippen molar-refractivity contribution in [3.05, 3.63) is 0 Å². The Kier molecular flexibility index (Phi) is 7.43. The van der Waals surface area contributed by atoms with Gasteiger partial charge in [0.25, 0.3) is 0 Å². The van der Waals surface area contributed by atoms with Crippen LogP contribution in [0, 0.1) is 11.8 Å². The number of hydrogen-bond acceptors (Lipinski definition) is 5.